The largest absolute Gasteiger partial charge is 0.384 e. The number of anilines is 1. The van der Waals surface area contributed by atoms with E-state index in [0.717, 1.165) is 19.4 Å². The quantitative estimate of drug-likeness (QED) is 0.695. The third-order valence-electron chi connectivity index (χ3n) is 4.29. The average Bonchev–Trinajstić information content (AvgIpc) is 2.51. The van der Waals surface area contributed by atoms with E-state index < -0.39 is 0 Å². The smallest absolute Gasteiger partial charge is 0.224 e. The predicted octanol–water partition coefficient (Wildman–Crippen LogP) is 4.99. The number of para-hydroxylation sites is 1. The van der Waals surface area contributed by atoms with Gasteiger partial charge in [0.05, 0.1) is 0 Å². The summed E-state index contributed by atoms with van der Waals surface area (Å²) in [6.07, 6.45) is 2.74. The van der Waals surface area contributed by atoms with Gasteiger partial charge in [-0.15, -0.1) is 0 Å². The summed E-state index contributed by atoms with van der Waals surface area (Å²) in [7, 11) is 1.90. The maximum absolute atomic E-state index is 12.2. The van der Waals surface area contributed by atoms with E-state index in [1.54, 1.807) is 0 Å². The van der Waals surface area contributed by atoms with Gasteiger partial charge in [0, 0.05) is 32.2 Å². The zero-order chi connectivity index (χ0) is 17.4. The standard InChI is InChI=1S/C20H34N2O/c1-7-8-14-22(6)19(23)12-13-21-20-17(15(2)3)10-9-11-18(20)16(4)5/h9-11,15-16,21H,7-8,12-14H2,1-6H3. The number of hydrogen-bond acceptors (Lipinski definition) is 2. The zero-order valence-electron chi connectivity index (χ0n) is 15.8. The van der Waals surface area contributed by atoms with Crippen LogP contribution in [-0.4, -0.2) is 30.9 Å². The van der Waals surface area contributed by atoms with E-state index in [1.165, 1.54) is 16.8 Å². The molecule has 0 saturated heterocycles. The van der Waals surface area contributed by atoms with Gasteiger partial charge in [-0.1, -0.05) is 59.2 Å². The molecule has 1 amide bonds. The van der Waals surface area contributed by atoms with Gasteiger partial charge in [-0.2, -0.15) is 0 Å². The van der Waals surface area contributed by atoms with Gasteiger partial charge >= 0.3 is 0 Å². The average molecular weight is 319 g/mol. The molecule has 0 aliphatic rings. The molecular weight excluding hydrogens is 284 g/mol. The number of unbranched alkanes of at least 4 members (excludes halogenated alkanes) is 1. The minimum atomic E-state index is 0.221. The second kappa shape index (κ2) is 9.59. The summed E-state index contributed by atoms with van der Waals surface area (Å²) in [5, 5.41) is 3.54. The first kappa shape index (κ1) is 19.5. The van der Waals surface area contributed by atoms with Gasteiger partial charge in [0.15, 0.2) is 0 Å². The zero-order valence-corrected chi connectivity index (χ0v) is 15.8. The van der Waals surface area contributed by atoms with E-state index in [-0.39, 0.29) is 5.91 Å². The van der Waals surface area contributed by atoms with Gasteiger partial charge < -0.3 is 10.2 Å². The van der Waals surface area contributed by atoms with Crippen LogP contribution in [0.5, 0.6) is 0 Å². The third kappa shape index (κ3) is 5.89. The summed E-state index contributed by atoms with van der Waals surface area (Å²) in [5.74, 6) is 1.16. The highest BCUT2D eigenvalue weighted by Crippen LogP contribution is 2.32. The Labute approximate surface area is 142 Å². The van der Waals surface area contributed by atoms with Crippen molar-refractivity contribution in [3.8, 4) is 0 Å². The van der Waals surface area contributed by atoms with Crippen LogP contribution in [0.4, 0.5) is 5.69 Å². The van der Waals surface area contributed by atoms with E-state index >= 15 is 0 Å². The molecular formula is C20H34N2O. The molecule has 0 heterocycles. The number of amides is 1. The second-order valence-corrected chi connectivity index (χ2v) is 6.97. The molecule has 0 saturated carbocycles. The fourth-order valence-corrected chi connectivity index (χ4v) is 2.76. The minimum absolute atomic E-state index is 0.221. The molecule has 0 spiro atoms. The first-order valence-corrected chi connectivity index (χ1v) is 8.99. The molecule has 130 valence electrons. The molecule has 0 fully saturated rings. The summed E-state index contributed by atoms with van der Waals surface area (Å²) < 4.78 is 0. The van der Waals surface area contributed by atoms with Crippen LogP contribution in [0.2, 0.25) is 0 Å². The Kier molecular flexibility index (Phi) is 8.15. The van der Waals surface area contributed by atoms with Crippen molar-refractivity contribution in [3.05, 3.63) is 29.3 Å². The maximum Gasteiger partial charge on any atom is 0.224 e. The first-order chi connectivity index (χ1) is 10.9. The number of carbonyl (C=O) groups excluding carboxylic acids is 1. The Morgan fingerprint density at radius 1 is 1.13 bits per heavy atom. The molecule has 23 heavy (non-hydrogen) atoms. The molecule has 3 nitrogen and oxygen atoms in total. The van der Waals surface area contributed by atoms with Crippen molar-refractivity contribution in [2.75, 3.05) is 25.5 Å². The van der Waals surface area contributed by atoms with Crippen molar-refractivity contribution in [1.29, 1.82) is 0 Å². The van der Waals surface area contributed by atoms with Crippen LogP contribution in [-0.2, 0) is 4.79 Å². The van der Waals surface area contributed by atoms with Crippen molar-refractivity contribution in [2.24, 2.45) is 0 Å². The lowest BCUT2D eigenvalue weighted by molar-refractivity contribution is -0.129. The Morgan fingerprint density at radius 2 is 1.70 bits per heavy atom. The van der Waals surface area contributed by atoms with Crippen molar-refractivity contribution in [1.82, 2.24) is 4.90 Å². The van der Waals surface area contributed by atoms with E-state index in [0.29, 0.717) is 24.8 Å². The minimum Gasteiger partial charge on any atom is -0.384 e. The van der Waals surface area contributed by atoms with Crippen LogP contribution in [0.3, 0.4) is 0 Å². The first-order valence-electron chi connectivity index (χ1n) is 8.99. The van der Waals surface area contributed by atoms with Crippen molar-refractivity contribution in [2.45, 2.75) is 65.7 Å². The van der Waals surface area contributed by atoms with Crippen LogP contribution in [0.25, 0.3) is 0 Å². The van der Waals surface area contributed by atoms with Gasteiger partial charge in [0.25, 0.3) is 0 Å². The van der Waals surface area contributed by atoms with Crippen LogP contribution in [0.15, 0.2) is 18.2 Å². The molecule has 0 aliphatic carbocycles. The van der Waals surface area contributed by atoms with Crippen molar-refractivity contribution < 1.29 is 4.79 Å². The van der Waals surface area contributed by atoms with Crippen LogP contribution >= 0.6 is 0 Å². The maximum atomic E-state index is 12.2. The summed E-state index contributed by atoms with van der Waals surface area (Å²) in [4.78, 5) is 14.0. The number of rotatable bonds is 9. The van der Waals surface area contributed by atoms with Gasteiger partial charge in [-0.3, -0.25) is 4.79 Å². The number of carbonyl (C=O) groups is 1. The Bertz CT molecular complexity index is 468. The molecule has 1 N–H and O–H groups in total. The lowest BCUT2D eigenvalue weighted by Crippen LogP contribution is -2.29. The summed E-state index contributed by atoms with van der Waals surface area (Å²) in [5.41, 5.74) is 3.90. The number of hydrogen-bond donors (Lipinski definition) is 1. The van der Waals surface area contributed by atoms with E-state index in [1.807, 2.05) is 11.9 Å². The molecule has 1 aromatic rings. The Morgan fingerprint density at radius 3 is 2.17 bits per heavy atom. The van der Waals surface area contributed by atoms with Crippen LogP contribution in [0, 0.1) is 0 Å². The SMILES string of the molecule is CCCCN(C)C(=O)CCNc1c(C(C)C)cccc1C(C)C. The Hall–Kier alpha value is -1.51. The lowest BCUT2D eigenvalue weighted by Gasteiger charge is -2.22. The molecule has 0 radical (unpaired) electrons. The van der Waals surface area contributed by atoms with Crippen LogP contribution in [0.1, 0.15) is 76.8 Å². The summed E-state index contributed by atoms with van der Waals surface area (Å²) in [6, 6.07) is 6.52. The molecule has 0 unspecified atom stereocenters. The predicted molar refractivity (Wildman–Crippen MR) is 100 cm³/mol. The second-order valence-electron chi connectivity index (χ2n) is 6.97. The lowest BCUT2D eigenvalue weighted by atomic mass is 9.92. The molecule has 3 heteroatoms. The van der Waals surface area contributed by atoms with Gasteiger partial charge in [-0.25, -0.2) is 0 Å². The third-order valence-corrected chi connectivity index (χ3v) is 4.29. The Balaban J connectivity index is 2.71. The summed E-state index contributed by atoms with van der Waals surface area (Å²) in [6.45, 7) is 12.6. The van der Waals surface area contributed by atoms with Gasteiger partial charge in [-0.05, 0) is 29.4 Å². The van der Waals surface area contributed by atoms with E-state index in [9.17, 15) is 4.79 Å². The number of nitrogens with one attached hydrogen (secondary N) is 1. The number of benzene rings is 1. The fourth-order valence-electron chi connectivity index (χ4n) is 2.76. The normalized spacial score (nSPS) is 11.1. The topological polar surface area (TPSA) is 32.3 Å². The van der Waals surface area contributed by atoms with E-state index in [2.05, 4.69) is 58.1 Å². The molecule has 0 bridgehead atoms. The van der Waals surface area contributed by atoms with Crippen LogP contribution < -0.4 is 5.32 Å². The summed E-state index contributed by atoms with van der Waals surface area (Å²) >= 11 is 0. The molecule has 0 aliphatic heterocycles. The monoisotopic (exact) mass is 318 g/mol. The van der Waals surface area contributed by atoms with Gasteiger partial charge in [0.1, 0.15) is 0 Å². The molecule has 1 rings (SSSR count). The highest BCUT2D eigenvalue weighted by molar-refractivity contribution is 5.76. The molecule has 1 aromatic carbocycles. The van der Waals surface area contributed by atoms with Gasteiger partial charge in [0.2, 0.25) is 5.91 Å². The molecule has 0 atom stereocenters. The number of nitrogens with zero attached hydrogens (tertiary/aromatic N) is 1. The molecule has 0 aromatic heterocycles. The van der Waals surface area contributed by atoms with E-state index in [4.69, 9.17) is 0 Å². The highest BCUT2D eigenvalue weighted by atomic mass is 16.2. The highest BCUT2D eigenvalue weighted by Gasteiger charge is 2.14. The van der Waals surface area contributed by atoms with Crippen molar-refractivity contribution in [3.63, 3.8) is 0 Å². The fraction of sp³-hybridized carbons (Fsp3) is 0.650. The van der Waals surface area contributed by atoms with Crippen molar-refractivity contribution >= 4 is 11.6 Å².